The number of ether oxygens (including phenoxy) is 1. The second-order valence-corrected chi connectivity index (χ2v) is 5.28. The molecular weight excluding hydrogens is 248 g/mol. The van der Waals surface area contributed by atoms with Crippen molar-refractivity contribution in [2.24, 2.45) is 0 Å². The molecule has 4 heteroatoms. The molecule has 0 saturated heterocycles. The SMILES string of the molecule is COCCN(C)c1cc(Cl)ccc1CNC1CC1. The standard InChI is InChI=1S/C14H21ClN2O/c1-17(7-8-18-2)14-9-12(15)4-3-11(14)10-16-13-5-6-13/h3-4,9,13,16H,5-8,10H2,1-2H3. The van der Waals surface area contributed by atoms with Crippen molar-refractivity contribution in [2.45, 2.75) is 25.4 Å². The van der Waals surface area contributed by atoms with Gasteiger partial charge in [-0.1, -0.05) is 17.7 Å². The van der Waals surface area contributed by atoms with E-state index in [4.69, 9.17) is 16.3 Å². The summed E-state index contributed by atoms with van der Waals surface area (Å²) in [5, 5.41) is 4.32. The molecule has 1 fully saturated rings. The molecule has 100 valence electrons. The Kier molecular flexibility index (Phi) is 4.87. The first kappa shape index (κ1) is 13.7. The van der Waals surface area contributed by atoms with Crippen LogP contribution in [-0.4, -0.2) is 33.4 Å². The fourth-order valence-electron chi connectivity index (χ4n) is 1.93. The summed E-state index contributed by atoms with van der Waals surface area (Å²) in [6.07, 6.45) is 2.62. The molecule has 0 unspecified atom stereocenters. The van der Waals surface area contributed by atoms with Gasteiger partial charge in [-0.2, -0.15) is 0 Å². The average Bonchev–Trinajstić information content (AvgIpc) is 3.18. The van der Waals surface area contributed by atoms with Gasteiger partial charge in [-0.25, -0.2) is 0 Å². The third-order valence-corrected chi connectivity index (χ3v) is 3.48. The maximum Gasteiger partial charge on any atom is 0.0637 e. The van der Waals surface area contributed by atoms with Crippen LogP contribution in [0.1, 0.15) is 18.4 Å². The van der Waals surface area contributed by atoms with Crippen LogP contribution in [0.4, 0.5) is 5.69 Å². The Morgan fingerprint density at radius 3 is 2.89 bits per heavy atom. The third-order valence-electron chi connectivity index (χ3n) is 3.25. The first-order valence-electron chi connectivity index (χ1n) is 6.42. The quantitative estimate of drug-likeness (QED) is 0.823. The zero-order valence-corrected chi connectivity index (χ0v) is 11.8. The van der Waals surface area contributed by atoms with E-state index >= 15 is 0 Å². The second kappa shape index (κ2) is 6.41. The molecule has 1 aromatic rings. The Bertz CT molecular complexity index is 393. The van der Waals surface area contributed by atoms with Crippen molar-refractivity contribution in [1.82, 2.24) is 5.32 Å². The zero-order chi connectivity index (χ0) is 13.0. The van der Waals surface area contributed by atoms with Gasteiger partial charge in [-0.15, -0.1) is 0 Å². The number of anilines is 1. The molecule has 0 radical (unpaired) electrons. The fourth-order valence-corrected chi connectivity index (χ4v) is 2.10. The highest BCUT2D eigenvalue weighted by Crippen LogP contribution is 2.26. The molecule has 1 aromatic carbocycles. The molecule has 1 N–H and O–H groups in total. The fraction of sp³-hybridized carbons (Fsp3) is 0.571. The van der Waals surface area contributed by atoms with Crippen LogP contribution in [0.25, 0.3) is 0 Å². The van der Waals surface area contributed by atoms with E-state index in [1.165, 1.54) is 24.1 Å². The van der Waals surface area contributed by atoms with Gasteiger partial charge in [-0.3, -0.25) is 0 Å². The summed E-state index contributed by atoms with van der Waals surface area (Å²) in [7, 11) is 3.80. The van der Waals surface area contributed by atoms with Crippen LogP contribution in [0.2, 0.25) is 5.02 Å². The minimum absolute atomic E-state index is 0.720. The van der Waals surface area contributed by atoms with Crippen LogP contribution in [0.3, 0.4) is 0 Å². The number of nitrogens with one attached hydrogen (secondary N) is 1. The Morgan fingerprint density at radius 2 is 2.22 bits per heavy atom. The van der Waals surface area contributed by atoms with Crippen LogP contribution < -0.4 is 10.2 Å². The number of halogens is 1. The van der Waals surface area contributed by atoms with Crippen molar-refractivity contribution in [2.75, 3.05) is 32.2 Å². The lowest BCUT2D eigenvalue weighted by Crippen LogP contribution is -2.25. The molecule has 18 heavy (non-hydrogen) atoms. The molecule has 0 amide bonds. The van der Waals surface area contributed by atoms with Crippen LogP contribution in [-0.2, 0) is 11.3 Å². The molecule has 0 spiro atoms. The van der Waals surface area contributed by atoms with Crippen LogP contribution in [0.5, 0.6) is 0 Å². The highest BCUT2D eigenvalue weighted by molar-refractivity contribution is 6.30. The van der Waals surface area contributed by atoms with E-state index in [9.17, 15) is 0 Å². The Morgan fingerprint density at radius 1 is 1.44 bits per heavy atom. The van der Waals surface area contributed by atoms with Crippen LogP contribution in [0.15, 0.2) is 18.2 Å². The maximum atomic E-state index is 6.09. The molecule has 0 atom stereocenters. The van der Waals surface area contributed by atoms with Crippen molar-refractivity contribution in [3.8, 4) is 0 Å². The van der Waals surface area contributed by atoms with Crippen molar-refractivity contribution >= 4 is 17.3 Å². The molecule has 3 nitrogen and oxygen atoms in total. The molecule has 0 aliphatic heterocycles. The number of methoxy groups -OCH3 is 1. The first-order chi connectivity index (χ1) is 8.70. The lowest BCUT2D eigenvalue weighted by atomic mass is 10.1. The van der Waals surface area contributed by atoms with Gasteiger partial charge in [0.1, 0.15) is 0 Å². The number of nitrogens with zero attached hydrogens (tertiary/aromatic N) is 1. The van der Waals surface area contributed by atoms with Gasteiger partial charge >= 0.3 is 0 Å². The van der Waals surface area contributed by atoms with Gasteiger partial charge in [0.2, 0.25) is 0 Å². The van der Waals surface area contributed by atoms with Crippen molar-refractivity contribution < 1.29 is 4.74 Å². The van der Waals surface area contributed by atoms with E-state index < -0.39 is 0 Å². The Hall–Kier alpha value is -0.770. The van der Waals surface area contributed by atoms with E-state index in [1.54, 1.807) is 7.11 Å². The molecular formula is C14H21ClN2O. The summed E-state index contributed by atoms with van der Waals surface area (Å²) in [5.41, 5.74) is 2.48. The molecule has 0 aromatic heterocycles. The first-order valence-corrected chi connectivity index (χ1v) is 6.80. The van der Waals surface area contributed by atoms with Gasteiger partial charge in [0.25, 0.3) is 0 Å². The van der Waals surface area contributed by atoms with E-state index in [2.05, 4.69) is 23.3 Å². The summed E-state index contributed by atoms with van der Waals surface area (Å²) in [6.45, 7) is 2.50. The monoisotopic (exact) mass is 268 g/mol. The van der Waals surface area contributed by atoms with Gasteiger partial charge in [-0.05, 0) is 30.5 Å². The van der Waals surface area contributed by atoms with Gasteiger partial charge in [0.05, 0.1) is 6.61 Å². The molecule has 0 bridgehead atoms. The van der Waals surface area contributed by atoms with E-state index in [0.29, 0.717) is 0 Å². The molecule has 0 heterocycles. The predicted octanol–water partition coefficient (Wildman–Crippen LogP) is 2.67. The van der Waals surface area contributed by atoms with Gasteiger partial charge in [0.15, 0.2) is 0 Å². The summed E-state index contributed by atoms with van der Waals surface area (Å²) >= 11 is 6.09. The second-order valence-electron chi connectivity index (χ2n) is 4.84. The number of benzene rings is 1. The topological polar surface area (TPSA) is 24.5 Å². The molecule has 1 saturated carbocycles. The highest BCUT2D eigenvalue weighted by atomic mass is 35.5. The molecule has 2 rings (SSSR count). The Labute approximate surface area is 114 Å². The van der Waals surface area contributed by atoms with E-state index in [-0.39, 0.29) is 0 Å². The summed E-state index contributed by atoms with van der Waals surface area (Å²) < 4.78 is 5.12. The van der Waals surface area contributed by atoms with Gasteiger partial charge in [0, 0.05) is 44.0 Å². The number of likely N-dealkylation sites (N-methyl/N-ethyl adjacent to an activating group) is 1. The van der Waals surface area contributed by atoms with Crippen LogP contribution in [0, 0.1) is 0 Å². The minimum atomic E-state index is 0.720. The summed E-state index contributed by atoms with van der Waals surface area (Å²) in [5.74, 6) is 0. The zero-order valence-electron chi connectivity index (χ0n) is 11.1. The van der Waals surface area contributed by atoms with E-state index in [1.807, 2.05) is 12.1 Å². The minimum Gasteiger partial charge on any atom is -0.383 e. The largest absolute Gasteiger partial charge is 0.383 e. The molecule has 1 aliphatic rings. The lowest BCUT2D eigenvalue weighted by Gasteiger charge is -2.22. The van der Waals surface area contributed by atoms with E-state index in [0.717, 1.165) is 30.8 Å². The van der Waals surface area contributed by atoms with Crippen LogP contribution >= 0.6 is 11.6 Å². The summed E-state index contributed by atoms with van der Waals surface area (Å²) in [6, 6.07) is 6.81. The number of rotatable bonds is 7. The lowest BCUT2D eigenvalue weighted by molar-refractivity contribution is 0.206. The number of hydrogen-bond acceptors (Lipinski definition) is 3. The highest BCUT2D eigenvalue weighted by Gasteiger charge is 2.20. The molecule has 1 aliphatic carbocycles. The maximum absolute atomic E-state index is 6.09. The average molecular weight is 269 g/mol. The predicted molar refractivity (Wildman–Crippen MR) is 76.5 cm³/mol. The summed E-state index contributed by atoms with van der Waals surface area (Å²) in [4.78, 5) is 2.19. The number of hydrogen-bond donors (Lipinski definition) is 1. The van der Waals surface area contributed by atoms with Crippen molar-refractivity contribution in [3.05, 3.63) is 28.8 Å². The normalized spacial score (nSPS) is 14.8. The van der Waals surface area contributed by atoms with Crippen molar-refractivity contribution in [1.29, 1.82) is 0 Å². The smallest absolute Gasteiger partial charge is 0.0637 e. The van der Waals surface area contributed by atoms with Crippen molar-refractivity contribution in [3.63, 3.8) is 0 Å². The van der Waals surface area contributed by atoms with Gasteiger partial charge < -0.3 is 15.0 Å². The third kappa shape index (κ3) is 3.87. The Balaban J connectivity index is 2.05.